The van der Waals surface area contributed by atoms with Crippen molar-refractivity contribution in [1.29, 1.82) is 5.41 Å². The molecule has 0 bridgehead atoms. The summed E-state index contributed by atoms with van der Waals surface area (Å²) in [5, 5.41) is 7.22. The summed E-state index contributed by atoms with van der Waals surface area (Å²) >= 11 is 0. The number of nitrogens with zero attached hydrogens (tertiary/aromatic N) is 1. The van der Waals surface area contributed by atoms with Crippen LogP contribution in [0.5, 0.6) is 0 Å². The number of rotatable bonds is 2. The van der Waals surface area contributed by atoms with E-state index in [4.69, 9.17) is 20.6 Å². The average molecular weight is 187 g/mol. The Balaban J connectivity index is 3.99. The van der Waals surface area contributed by atoms with Crippen molar-refractivity contribution in [2.24, 2.45) is 10.7 Å². The highest BCUT2D eigenvalue weighted by atomic mass is 16.5. The van der Waals surface area contributed by atoms with Crippen LogP contribution < -0.4 is 5.73 Å². The van der Waals surface area contributed by atoms with Gasteiger partial charge in [-0.15, -0.1) is 4.99 Å². The van der Waals surface area contributed by atoms with Gasteiger partial charge in [-0.2, -0.15) is 0 Å². The molecule has 3 N–H and O–H groups in total. The van der Waals surface area contributed by atoms with E-state index < -0.39 is 0 Å². The Kier molecular flexibility index (Phi) is 4.87. The number of ether oxygens (including phenoxy) is 2. The molecule has 0 aliphatic heterocycles. The first-order valence-corrected chi connectivity index (χ1v) is 4.17. The molecule has 0 heterocycles. The lowest BCUT2D eigenvalue weighted by atomic mass is 10.5. The first-order valence-electron chi connectivity index (χ1n) is 4.17. The van der Waals surface area contributed by atoms with Crippen molar-refractivity contribution in [3.8, 4) is 0 Å². The van der Waals surface area contributed by atoms with Gasteiger partial charge in [-0.3, -0.25) is 0 Å². The van der Waals surface area contributed by atoms with Crippen LogP contribution in [0.1, 0.15) is 27.7 Å². The van der Waals surface area contributed by atoms with Crippen molar-refractivity contribution in [1.82, 2.24) is 0 Å². The fraction of sp³-hybridized carbons (Fsp3) is 0.750. The fourth-order valence-electron chi connectivity index (χ4n) is 0.618. The van der Waals surface area contributed by atoms with Crippen LogP contribution in [0.2, 0.25) is 0 Å². The monoisotopic (exact) mass is 187 g/mol. The zero-order valence-corrected chi connectivity index (χ0v) is 8.50. The van der Waals surface area contributed by atoms with E-state index in [1.54, 1.807) is 0 Å². The van der Waals surface area contributed by atoms with E-state index in [1.807, 2.05) is 27.7 Å². The maximum atomic E-state index is 7.22. The van der Waals surface area contributed by atoms with E-state index in [0.717, 1.165) is 0 Å². The smallest absolute Gasteiger partial charge is 0.313 e. The standard InChI is InChI=1S/C8H17N3O2/c1-5(2)12-7(9)11-8(10)13-6(3)4/h5-6H,1-4H3,(H3,9,10,11). The van der Waals surface area contributed by atoms with Crippen molar-refractivity contribution >= 4 is 12.0 Å². The Morgan fingerprint density at radius 1 is 1.15 bits per heavy atom. The van der Waals surface area contributed by atoms with E-state index in [1.165, 1.54) is 0 Å². The molecular weight excluding hydrogens is 170 g/mol. The molecule has 76 valence electrons. The lowest BCUT2D eigenvalue weighted by Gasteiger charge is -2.09. The highest BCUT2D eigenvalue weighted by Crippen LogP contribution is 1.92. The molecule has 13 heavy (non-hydrogen) atoms. The Morgan fingerprint density at radius 3 is 2.00 bits per heavy atom. The van der Waals surface area contributed by atoms with Gasteiger partial charge >= 0.3 is 6.02 Å². The Bertz CT molecular complexity index is 200. The first kappa shape index (κ1) is 11.7. The molecule has 0 rings (SSSR count). The largest absolute Gasteiger partial charge is 0.462 e. The van der Waals surface area contributed by atoms with Crippen LogP contribution in [0.3, 0.4) is 0 Å². The lowest BCUT2D eigenvalue weighted by Crippen LogP contribution is -2.23. The van der Waals surface area contributed by atoms with Gasteiger partial charge in [0.05, 0.1) is 12.2 Å². The molecule has 5 nitrogen and oxygen atoms in total. The molecule has 0 aromatic rings. The lowest BCUT2D eigenvalue weighted by molar-refractivity contribution is 0.212. The topological polar surface area (TPSA) is 80.7 Å². The van der Waals surface area contributed by atoms with Crippen LogP contribution in [-0.2, 0) is 9.47 Å². The van der Waals surface area contributed by atoms with Crippen LogP contribution >= 0.6 is 0 Å². The van der Waals surface area contributed by atoms with Gasteiger partial charge in [0.15, 0.2) is 0 Å². The average Bonchev–Trinajstić information content (AvgIpc) is 1.80. The van der Waals surface area contributed by atoms with E-state index in [9.17, 15) is 0 Å². The second kappa shape index (κ2) is 5.40. The van der Waals surface area contributed by atoms with E-state index in [-0.39, 0.29) is 24.3 Å². The Hall–Kier alpha value is -1.26. The van der Waals surface area contributed by atoms with Gasteiger partial charge in [0.25, 0.3) is 6.02 Å². The third-order valence-corrected chi connectivity index (χ3v) is 0.916. The fourth-order valence-corrected chi connectivity index (χ4v) is 0.618. The molecule has 0 amide bonds. The number of aliphatic imine (C=N–C) groups is 1. The predicted octanol–water partition coefficient (Wildman–Crippen LogP) is 1.09. The third kappa shape index (κ3) is 7.11. The van der Waals surface area contributed by atoms with Crippen molar-refractivity contribution in [3.63, 3.8) is 0 Å². The van der Waals surface area contributed by atoms with Gasteiger partial charge in [0.1, 0.15) is 0 Å². The van der Waals surface area contributed by atoms with Gasteiger partial charge < -0.3 is 15.2 Å². The van der Waals surface area contributed by atoms with E-state index in [2.05, 4.69) is 4.99 Å². The molecule has 0 unspecified atom stereocenters. The van der Waals surface area contributed by atoms with E-state index in [0.29, 0.717) is 0 Å². The maximum Gasteiger partial charge on any atom is 0.313 e. The molecule has 0 aliphatic rings. The summed E-state index contributed by atoms with van der Waals surface area (Å²) in [6.07, 6.45) is -0.126. The molecule has 0 saturated heterocycles. The molecule has 0 fully saturated rings. The molecule has 0 aromatic heterocycles. The molecule has 0 aromatic carbocycles. The normalized spacial score (nSPS) is 12.0. The molecule has 0 aliphatic carbocycles. The van der Waals surface area contributed by atoms with Crippen LogP contribution in [0.15, 0.2) is 4.99 Å². The minimum atomic E-state index is -0.229. The van der Waals surface area contributed by atoms with Crippen LogP contribution in [-0.4, -0.2) is 24.3 Å². The number of hydrogen-bond acceptors (Lipinski definition) is 3. The molecule has 0 atom stereocenters. The van der Waals surface area contributed by atoms with E-state index >= 15 is 0 Å². The van der Waals surface area contributed by atoms with Gasteiger partial charge in [0, 0.05) is 0 Å². The minimum absolute atomic E-state index is 0.0411. The summed E-state index contributed by atoms with van der Waals surface area (Å²) in [6.45, 7) is 7.28. The predicted molar refractivity (Wildman–Crippen MR) is 51.8 cm³/mol. The number of amidine groups is 2. The quantitative estimate of drug-likeness (QED) is 0.501. The van der Waals surface area contributed by atoms with Crippen LogP contribution in [0.4, 0.5) is 0 Å². The molecule has 0 radical (unpaired) electrons. The third-order valence-electron chi connectivity index (χ3n) is 0.916. The number of hydrogen-bond donors (Lipinski definition) is 2. The second-order valence-corrected chi connectivity index (χ2v) is 3.09. The summed E-state index contributed by atoms with van der Waals surface area (Å²) in [7, 11) is 0. The van der Waals surface area contributed by atoms with Crippen molar-refractivity contribution in [2.45, 2.75) is 39.9 Å². The van der Waals surface area contributed by atoms with Crippen LogP contribution in [0.25, 0.3) is 0 Å². The molecule has 5 heteroatoms. The Labute approximate surface area is 78.4 Å². The maximum absolute atomic E-state index is 7.22. The summed E-state index contributed by atoms with van der Waals surface area (Å²) in [6, 6.07) is -0.270. The molecule has 0 spiro atoms. The highest BCUT2D eigenvalue weighted by Gasteiger charge is 2.02. The molecule has 0 saturated carbocycles. The van der Waals surface area contributed by atoms with Gasteiger partial charge in [0.2, 0.25) is 0 Å². The van der Waals surface area contributed by atoms with Gasteiger partial charge in [-0.05, 0) is 27.7 Å². The first-order chi connectivity index (χ1) is 5.91. The summed E-state index contributed by atoms with van der Waals surface area (Å²) in [5.41, 5.74) is 5.36. The minimum Gasteiger partial charge on any atom is -0.462 e. The zero-order chi connectivity index (χ0) is 10.4. The Morgan fingerprint density at radius 2 is 1.62 bits per heavy atom. The van der Waals surface area contributed by atoms with Crippen molar-refractivity contribution < 1.29 is 9.47 Å². The summed E-state index contributed by atoms with van der Waals surface area (Å²) in [5.74, 6) is 0. The second-order valence-electron chi connectivity index (χ2n) is 3.09. The molecular formula is C8H17N3O2. The number of nitrogens with two attached hydrogens (primary N) is 1. The van der Waals surface area contributed by atoms with Crippen LogP contribution in [0, 0.1) is 5.41 Å². The zero-order valence-electron chi connectivity index (χ0n) is 8.50. The number of nitrogens with one attached hydrogen (secondary N) is 1. The summed E-state index contributed by atoms with van der Waals surface area (Å²) < 4.78 is 9.95. The SMILES string of the molecule is CC(C)OC(=N)N=C(N)OC(C)C. The van der Waals surface area contributed by atoms with Gasteiger partial charge in [-0.1, -0.05) is 0 Å². The van der Waals surface area contributed by atoms with Crippen molar-refractivity contribution in [2.75, 3.05) is 0 Å². The van der Waals surface area contributed by atoms with Crippen molar-refractivity contribution in [3.05, 3.63) is 0 Å². The van der Waals surface area contributed by atoms with Gasteiger partial charge in [-0.25, -0.2) is 5.41 Å². The summed E-state index contributed by atoms with van der Waals surface area (Å²) in [4.78, 5) is 3.59. The highest BCUT2D eigenvalue weighted by molar-refractivity contribution is 5.86.